The summed E-state index contributed by atoms with van der Waals surface area (Å²) in [6, 6.07) is 16.9. The van der Waals surface area contributed by atoms with E-state index in [1.807, 2.05) is 42.5 Å². The summed E-state index contributed by atoms with van der Waals surface area (Å²) in [6.45, 7) is 3.35. The van der Waals surface area contributed by atoms with Crippen molar-refractivity contribution in [3.63, 3.8) is 0 Å². The second-order valence-electron chi connectivity index (χ2n) is 6.98. The van der Waals surface area contributed by atoms with E-state index in [2.05, 4.69) is 15.4 Å². The van der Waals surface area contributed by atoms with Crippen molar-refractivity contribution in [2.45, 2.75) is 20.4 Å². The molecule has 0 saturated carbocycles. The highest BCUT2D eigenvalue weighted by Crippen LogP contribution is 2.24. The molecule has 8 nitrogen and oxygen atoms in total. The number of amides is 1. The van der Waals surface area contributed by atoms with Gasteiger partial charge in [0.15, 0.2) is 5.13 Å². The molecular formula is C23H20N4O4S. The number of fused-ring (bicyclic) bond motifs is 1. The quantitative estimate of drug-likeness (QED) is 0.452. The second kappa shape index (κ2) is 9.11. The van der Waals surface area contributed by atoms with Crippen LogP contribution in [-0.2, 0) is 16.1 Å². The van der Waals surface area contributed by atoms with E-state index in [1.165, 1.54) is 6.07 Å². The number of benzene rings is 2. The molecule has 0 saturated heterocycles. The molecule has 0 aliphatic rings. The van der Waals surface area contributed by atoms with Crippen LogP contribution in [0.5, 0.6) is 0 Å². The first kappa shape index (κ1) is 21.4. The first-order valence-electron chi connectivity index (χ1n) is 9.96. The molecule has 2 aromatic heterocycles. The zero-order valence-electron chi connectivity index (χ0n) is 17.5. The van der Waals surface area contributed by atoms with Crippen molar-refractivity contribution in [2.75, 3.05) is 11.9 Å². The number of nitrogens with one attached hydrogen (secondary N) is 1. The molecule has 4 aromatic rings. The summed E-state index contributed by atoms with van der Waals surface area (Å²) in [5, 5.41) is 9.39. The van der Waals surface area contributed by atoms with Gasteiger partial charge in [-0.1, -0.05) is 47.7 Å². The molecule has 162 valence electrons. The van der Waals surface area contributed by atoms with E-state index in [-0.39, 0.29) is 18.3 Å². The number of carbonyl (C=O) groups is 2. The number of ether oxygens (including phenoxy) is 1. The van der Waals surface area contributed by atoms with Gasteiger partial charge in [-0.15, -0.1) is 0 Å². The van der Waals surface area contributed by atoms with Gasteiger partial charge in [-0.05, 0) is 36.8 Å². The fraction of sp³-hybridized carbons (Fsp3) is 0.174. The Hall–Kier alpha value is -3.85. The third kappa shape index (κ3) is 4.57. The van der Waals surface area contributed by atoms with Crippen LogP contribution in [0.2, 0.25) is 0 Å². The van der Waals surface area contributed by atoms with Crippen LogP contribution < -0.4 is 10.9 Å². The number of thiazole rings is 1. The lowest BCUT2D eigenvalue weighted by Crippen LogP contribution is -2.29. The van der Waals surface area contributed by atoms with Crippen molar-refractivity contribution in [1.82, 2.24) is 14.8 Å². The number of hydrogen-bond acceptors (Lipinski definition) is 7. The fourth-order valence-corrected chi connectivity index (χ4v) is 4.07. The average molecular weight is 449 g/mol. The summed E-state index contributed by atoms with van der Waals surface area (Å²) in [4.78, 5) is 41.2. The minimum absolute atomic E-state index is 0.250. The standard InChI is InChI=1S/C23H20N4O4S/c1-3-31-22(30)21-14(2)24-23(32-21)25-19(28)13-27-20(29)11-10-18(26-27)17-9-8-15-6-4-5-7-16(15)12-17/h4-12H,3,13H2,1-2H3,(H,24,25,28). The highest BCUT2D eigenvalue weighted by molar-refractivity contribution is 7.17. The van der Waals surface area contributed by atoms with Crippen LogP contribution in [0.4, 0.5) is 5.13 Å². The van der Waals surface area contributed by atoms with Crippen molar-refractivity contribution in [3.05, 3.63) is 75.5 Å². The summed E-state index contributed by atoms with van der Waals surface area (Å²) in [7, 11) is 0. The Morgan fingerprint density at radius 3 is 2.66 bits per heavy atom. The van der Waals surface area contributed by atoms with Gasteiger partial charge < -0.3 is 10.1 Å². The van der Waals surface area contributed by atoms with Gasteiger partial charge in [-0.25, -0.2) is 14.5 Å². The minimum Gasteiger partial charge on any atom is -0.462 e. The first-order chi connectivity index (χ1) is 15.4. The zero-order chi connectivity index (χ0) is 22.7. The Kier molecular flexibility index (Phi) is 6.09. The Balaban J connectivity index is 1.53. The van der Waals surface area contributed by atoms with Crippen LogP contribution in [0.15, 0.2) is 59.4 Å². The second-order valence-corrected chi connectivity index (χ2v) is 7.98. The molecule has 0 bridgehead atoms. The van der Waals surface area contributed by atoms with Crippen LogP contribution in [0.25, 0.3) is 22.0 Å². The van der Waals surface area contributed by atoms with E-state index < -0.39 is 17.4 Å². The Morgan fingerprint density at radius 1 is 1.09 bits per heavy atom. The first-order valence-corrected chi connectivity index (χ1v) is 10.8. The lowest BCUT2D eigenvalue weighted by Gasteiger charge is -2.08. The molecule has 0 fully saturated rings. The van der Waals surface area contributed by atoms with Crippen LogP contribution in [-0.4, -0.2) is 33.2 Å². The minimum atomic E-state index is -0.482. The monoisotopic (exact) mass is 448 g/mol. The lowest BCUT2D eigenvalue weighted by atomic mass is 10.1. The summed E-state index contributed by atoms with van der Waals surface area (Å²) in [6.07, 6.45) is 0. The predicted octanol–water partition coefficient (Wildman–Crippen LogP) is 3.64. The molecule has 0 aliphatic carbocycles. The van der Waals surface area contributed by atoms with Crippen molar-refractivity contribution in [2.24, 2.45) is 0 Å². The molecular weight excluding hydrogens is 428 g/mol. The van der Waals surface area contributed by atoms with Crippen LogP contribution >= 0.6 is 11.3 Å². The number of hydrogen-bond donors (Lipinski definition) is 1. The Morgan fingerprint density at radius 2 is 1.88 bits per heavy atom. The number of nitrogens with zero attached hydrogens (tertiary/aromatic N) is 3. The zero-order valence-corrected chi connectivity index (χ0v) is 18.3. The van der Waals surface area contributed by atoms with Crippen molar-refractivity contribution in [3.8, 4) is 11.3 Å². The van der Waals surface area contributed by atoms with Crippen LogP contribution in [0.3, 0.4) is 0 Å². The molecule has 4 rings (SSSR count). The highest BCUT2D eigenvalue weighted by atomic mass is 32.1. The number of esters is 1. The average Bonchev–Trinajstić information content (AvgIpc) is 3.15. The smallest absolute Gasteiger partial charge is 0.350 e. The summed E-state index contributed by atoms with van der Waals surface area (Å²) in [5.74, 6) is -0.955. The number of anilines is 1. The molecule has 0 atom stereocenters. The van der Waals surface area contributed by atoms with Gasteiger partial charge in [-0.2, -0.15) is 5.10 Å². The van der Waals surface area contributed by atoms with Crippen molar-refractivity contribution in [1.29, 1.82) is 0 Å². The maximum atomic E-state index is 12.5. The Labute approximate surface area is 187 Å². The van der Waals surface area contributed by atoms with Gasteiger partial charge in [-0.3, -0.25) is 9.59 Å². The third-order valence-electron chi connectivity index (χ3n) is 4.71. The van der Waals surface area contributed by atoms with E-state index in [1.54, 1.807) is 19.9 Å². The number of aryl methyl sites for hydroxylation is 1. The van der Waals surface area contributed by atoms with E-state index in [9.17, 15) is 14.4 Å². The maximum absolute atomic E-state index is 12.5. The van der Waals surface area contributed by atoms with E-state index in [0.717, 1.165) is 32.4 Å². The molecule has 2 heterocycles. The summed E-state index contributed by atoms with van der Waals surface area (Å²) >= 11 is 1.03. The molecule has 0 radical (unpaired) electrons. The molecule has 0 spiro atoms. The normalized spacial score (nSPS) is 10.8. The molecule has 0 unspecified atom stereocenters. The summed E-state index contributed by atoms with van der Waals surface area (Å²) < 4.78 is 6.09. The molecule has 1 N–H and O–H groups in total. The number of carbonyl (C=O) groups excluding carboxylic acids is 2. The summed E-state index contributed by atoms with van der Waals surface area (Å²) in [5.41, 5.74) is 1.50. The van der Waals surface area contributed by atoms with Crippen molar-refractivity contribution >= 4 is 39.1 Å². The van der Waals surface area contributed by atoms with Gasteiger partial charge in [0.05, 0.1) is 18.0 Å². The van der Waals surface area contributed by atoms with Gasteiger partial charge in [0.25, 0.3) is 5.56 Å². The Bertz CT molecular complexity index is 1380. The molecule has 32 heavy (non-hydrogen) atoms. The van der Waals surface area contributed by atoms with E-state index in [4.69, 9.17) is 4.74 Å². The third-order valence-corrected chi connectivity index (χ3v) is 5.76. The predicted molar refractivity (Wildman–Crippen MR) is 123 cm³/mol. The van der Waals surface area contributed by atoms with Gasteiger partial charge in [0.1, 0.15) is 11.4 Å². The van der Waals surface area contributed by atoms with Gasteiger partial charge >= 0.3 is 5.97 Å². The SMILES string of the molecule is CCOC(=O)c1sc(NC(=O)Cn2nc(-c3ccc4ccccc4c3)ccc2=O)nc1C. The maximum Gasteiger partial charge on any atom is 0.350 e. The molecule has 2 aromatic carbocycles. The van der Waals surface area contributed by atoms with Crippen LogP contribution in [0.1, 0.15) is 22.3 Å². The van der Waals surface area contributed by atoms with Crippen LogP contribution in [0, 0.1) is 6.92 Å². The lowest BCUT2D eigenvalue weighted by molar-refractivity contribution is -0.117. The molecule has 1 amide bonds. The number of aromatic nitrogens is 3. The highest BCUT2D eigenvalue weighted by Gasteiger charge is 2.18. The van der Waals surface area contributed by atoms with Gasteiger partial charge in [0, 0.05) is 11.6 Å². The van der Waals surface area contributed by atoms with E-state index in [0.29, 0.717) is 16.3 Å². The largest absolute Gasteiger partial charge is 0.462 e. The van der Waals surface area contributed by atoms with Crippen molar-refractivity contribution < 1.29 is 14.3 Å². The fourth-order valence-electron chi connectivity index (χ4n) is 3.20. The molecule has 0 aliphatic heterocycles. The topological polar surface area (TPSA) is 103 Å². The van der Waals surface area contributed by atoms with Gasteiger partial charge in [0.2, 0.25) is 5.91 Å². The van der Waals surface area contributed by atoms with E-state index >= 15 is 0 Å². The molecule has 9 heteroatoms. The number of rotatable bonds is 6.